The van der Waals surface area contributed by atoms with Gasteiger partial charge in [-0.1, -0.05) is 24.3 Å². The zero-order chi connectivity index (χ0) is 17.9. The van der Waals surface area contributed by atoms with Gasteiger partial charge >= 0.3 is 5.97 Å². The van der Waals surface area contributed by atoms with Gasteiger partial charge in [-0.25, -0.2) is 0 Å². The third kappa shape index (κ3) is 3.83. The van der Waals surface area contributed by atoms with Crippen molar-refractivity contribution in [3.05, 3.63) is 53.3 Å². The van der Waals surface area contributed by atoms with Crippen molar-refractivity contribution in [1.82, 2.24) is 14.7 Å². The summed E-state index contributed by atoms with van der Waals surface area (Å²) in [5.41, 5.74) is 4.10. The normalized spacial score (nSPS) is 21.9. The smallest absolute Gasteiger partial charge is 0.325 e. The fraction of sp³-hybridized carbons (Fsp3) is 0.524. The molecule has 138 valence electrons. The van der Waals surface area contributed by atoms with Gasteiger partial charge in [0.15, 0.2) is 0 Å². The lowest BCUT2D eigenvalue weighted by molar-refractivity contribution is -0.137. The van der Waals surface area contributed by atoms with Gasteiger partial charge in [0, 0.05) is 24.7 Å². The number of carboxylic acids is 1. The molecule has 0 radical (unpaired) electrons. The topological polar surface area (TPSA) is 58.4 Å². The highest BCUT2D eigenvalue weighted by atomic mass is 16.4. The van der Waals surface area contributed by atoms with E-state index < -0.39 is 5.97 Å². The van der Waals surface area contributed by atoms with Crippen LogP contribution >= 0.6 is 0 Å². The first kappa shape index (κ1) is 17.3. The summed E-state index contributed by atoms with van der Waals surface area (Å²) in [7, 11) is 0. The molecule has 1 aromatic heterocycles. The zero-order valence-corrected chi connectivity index (χ0v) is 15.2. The summed E-state index contributed by atoms with van der Waals surface area (Å²) >= 11 is 0. The fourth-order valence-corrected chi connectivity index (χ4v) is 4.60. The Hall–Kier alpha value is -2.14. The standard InChI is InChI=1S/C21H27N3O2/c25-21(26)15-24-13-11-20(22-24)18-6-3-12-23(14-18)19-9-7-16-4-1-2-5-17(16)8-10-19/h1-2,4-5,11,13,18-19H,3,6-10,12,14-15H2,(H,25,26)/t18-/m0/s1. The number of carbonyl (C=O) groups is 1. The number of hydrogen-bond donors (Lipinski definition) is 1. The van der Waals surface area contributed by atoms with Crippen LogP contribution in [0.1, 0.15) is 48.4 Å². The quantitative estimate of drug-likeness (QED) is 0.858. The third-order valence-corrected chi connectivity index (χ3v) is 5.96. The predicted molar refractivity (Wildman–Crippen MR) is 100 cm³/mol. The molecule has 2 aliphatic rings. The molecular formula is C21H27N3O2. The number of piperidine rings is 1. The number of nitrogens with zero attached hydrogens (tertiary/aromatic N) is 3. The van der Waals surface area contributed by atoms with E-state index in [-0.39, 0.29) is 6.54 Å². The first-order valence-corrected chi connectivity index (χ1v) is 9.75. The number of carboxylic acid groups (broad SMARTS) is 1. The molecule has 1 saturated heterocycles. The van der Waals surface area contributed by atoms with E-state index in [1.807, 2.05) is 6.07 Å². The van der Waals surface area contributed by atoms with Crippen molar-refractivity contribution >= 4 is 5.97 Å². The van der Waals surface area contributed by atoms with E-state index in [0.717, 1.165) is 18.7 Å². The Balaban J connectivity index is 1.41. The molecule has 26 heavy (non-hydrogen) atoms. The van der Waals surface area contributed by atoms with E-state index in [2.05, 4.69) is 34.3 Å². The zero-order valence-electron chi connectivity index (χ0n) is 15.2. The van der Waals surface area contributed by atoms with E-state index in [4.69, 9.17) is 5.11 Å². The van der Waals surface area contributed by atoms with Crippen LogP contribution < -0.4 is 0 Å². The van der Waals surface area contributed by atoms with Gasteiger partial charge in [0.25, 0.3) is 0 Å². The second kappa shape index (κ2) is 7.62. The summed E-state index contributed by atoms with van der Waals surface area (Å²) in [6, 6.07) is 11.5. The summed E-state index contributed by atoms with van der Waals surface area (Å²) in [4.78, 5) is 13.5. The van der Waals surface area contributed by atoms with Crippen LogP contribution in [0.5, 0.6) is 0 Å². The van der Waals surface area contributed by atoms with Crippen LogP contribution in [-0.2, 0) is 24.2 Å². The van der Waals surface area contributed by atoms with Crippen LogP contribution in [0.25, 0.3) is 0 Å². The molecule has 1 aromatic carbocycles. The van der Waals surface area contributed by atoms with Crippen LogP contribution in [0.3, 0.4) is 0 Å². The van der Waals surface area contributed by atoms with Crippen molar-refractivity contribution in [2.45, 2.75) is 57.0 Å². The van der Waals surface area contributed by atoms with Gasteiger partial charge < -0.3 is 5.11 Å². The summed E-state index contributed by atoms with van der Waals surface area (Å²) in [5.74, 6) is -0.424. The first-order chi connectivity index (χ1) is 12.7. The van der Waals surface area contributed by atoms with Crippen molar-refractivity contribution in [2.75, 3.05) is 13.1 Å². The summed E-state index contributed by atoms with van der Waals surface area (Å²) < 4.78 is 1.54. The Kier molecular flexibility index (Phi) is 5.07. The summed E-state index contributed by atoms with van der Waals surface area (Å²) in [6.45, 7) is 2.16. The highest BCUT2D eigenvalue weighted by Gasteiger charge is 2.29. The average Bonchev–Trinajstić information content (AvgIpc) is 2.99. The van der Waals surface area contributed by atoms with Gasteiger partial charge in [0.05, 0.1) is 5.69 Å². The fourth-order valence-electron chi connectivity index (χ4n) is 4.60. The SMILES string of the molecule is O=C(O)Cn1ccc([C@H]2CCCN(C3CCc4ccccc4CC3)C2)n1. The molecule has 0 spiro atoms. The van der Waals surface area contributed by atoms with Crippen molar-refractivity contribution < 1.29 is 9.90 Å². The number of rotatable bonds is 4. The third-order valence-electron chi connectivity index (χ3n) is 5.96. The molecule has 0 saturated carbocycles. The largest absolute Gasteiger partial charge is 0.480 e. The van der Waals surface area contributed by atoms with Gasteiger partial charge in [-0.05, 0) is 62.3 Å². The van der Waals surface area contributed by atoms with Crippen molar-refractivity contribution in [3.63, 3.8) is 0 Å². The van der Waals surface area contributed by atoms with Crippen LogP contribution in [0.15, 0.2) is 36.5 Å². The summed E-state index contributed by atoms with van der Waals surface area (Å²) in [6.07, 6.45) is 8.96. The molecule has 2 aromatic rings. The molecule has 4 rings (SSSR count). The molecule has 1 fully saturated rings. The van der Waals surface area contributed by atoms with E-state index >= 15 is 0 Å². The Bertz CT molecular complexity index is 743. The Morgan fingerprint density at radius 2 is 1.85 bits per heavy atom. The molecule has 5 nitrogen and oxygen atoms in total. The highest BCUT2D eigenvalue weighted by molar-refractivity contribution is 5.66. The molecule has 1 aliphatic carbocycles. The minimum absolute atomic E-state index is 0.0582. The number of hydrogen-bond acceptors (Lipinski definition) is 3. The molecule has 0 amide bonds. The van der Waals surface area contributed by atoms with E-state index in [1.165, 1.54) is 49.8 Å². The number of aryl methyl sites for hydroxylation is 2. The van der Waals surface area contributed by atoms with Gasteiger partial charge in [-0.2, -0.15) is 5.10 Å². The van der Waals surface area contributed by atoms with Crippen LogP contribution in [-0.4, -0.2) is 44.9 Å². The number of aliphatic carboxylic acids is 1. The first-order valence-electron chi connectivity index (χ1n) is 9.75. The lowest BCUT2D eigenvalue weighted by Gasteiger charge is -2.37. The number of aromatic nitrogens is 2. The van der Waals surface area contributed by atoms with Crippen molar-refractivity contribution in [3.8, 4) is 0 Å². The van der Waals surface area contributed by atoms with Crippen LogP contribution in [0.2, 0.25) is 0 Å². The van der Waals surface area contributed by atoms with Crippen LogP contribution in [0, 0.1) is 0 Å². The number of fused-ring (bicyclic) bond motifs is 1. The molecular weight excluding hydrogens is 326 g/mol. The molecule has 2 heterocycles. The van der Waals surface area contributed by atoms with E-state index in [1.54, 1.807) is 10.9 Å². The molecule has 1 N–H and O–H groups in total. The van der Waals surface area contributed by atoms with Gasteiger partial charge in [-0.15, -0.1) is 0 Å². The maximum atomic E-state index is 10.9. The molecule has 0 bridgehead atoms. The van der Waals surface area contributed by atoms with E-state index in [0.29, 0.717) is 12.0 Å². The Labute approximate surface area is 154 Å². The summed E-state index contributed by atoms with van der Waals surface area (Å²) in [5, 5.41) is 13.4. The lowest BCUT2D eigenvalue weighted by Crippen LogP contribution is -2.42. The minimum Gasteiger partial charge on any atom is -0.480 e. The van der Waals surface area contributed by atoms with Gasteiger partial charge in [0.2, 0.25) is 0 Å². The monoisotopic (exact) mass is 353 g/mol. The molecule has 1 atom stereocenters. The van der Waals surface area contributed by atoms with E-state index in [9.17, 15) is 4.79 Å². The maximum Gasteiger partial charge on any atom is 0.325 e. The van der Waals surface area contributed by atoms with Crippen LogP contribution in [0.4, 0.5) is 0 Å². The minimum atomic E-state index is -0.844. The van der Waals surface area contributed by atoms with Crippen molar-refractivity contribution in [2.24, 2.45) is 0 Å². The predicted octanol–water partition coefficient (Wildman–Crippen LogP) is 3.09. The number of likely N-dealkylation sites (tertiary alicyclic amines) is 1. The second-order valence-electron chi connectivity index (χ2n) is 7.67. The second-order valence-corrected chi connectivity index (χ2v) is 7.67. The van der Waals surface area contributed by atoms with Crippen molar-refractivity contribution in [1.29, 1.82) is 0 Å². The molecule has 1 aliphatic heterocycles. The average molecular weight is 353 g/mol. The Morgan fingerprint density at radius 1 is 1.12 bits per heavy atom. The lowest BCUT2D eigenvalue weighted by atomic mass is 9.92. The number of benzene rings is 1. The van der Waals surface area contributed by atoms with Gasteiger partial charge in [-0.3, -0.25) is 14.4 Å². The maximum absolute atomic E-state index is 10.9. The Morgan fingerprint density at radius 3 is 2.54 bits per heavy atom. The van der Waals surface area contributed by atoms with Gasteiger partial charge in [0.1, 0.15) is 6.54 Å². The molecule has 0 unspecified atom stereocenters. The highest BCUT2D eigenvalue weighted by Crippen LogP contribution is 2.30. The molecule has 5 heteroatoms.